The van der Waals surface area contributed by atoms with Crippen LogP contribution < -0.4 is 15.4 Å². The number of amides is 2. The molecule has 0 saturated carbocycles. The molecule has 0 spiro atoms. The van der Waals surface area contributed by atoms with Crippen LogP contribution in [0.4, 0.5) is 21.9 Å². The highest BCUT2D eigenvalue weighted by atomic mass is 32.2. The third kappa shape index (κ3) is 4.40. The van der Waals surface area contributed by atoms with E-state index in [4.69, 9.17) is 0 Å². The molecular weight excluding hydrogens is 350 g/mol. The summed E-state index contributed by atoms with van der Waals surface area (Å²) in [6.45, 7) is 0. The SMILES string of the molecule is O=C(Nc1ccccc1)Nc1ccccc1-c1ccccc1N[SH](=O)=O. The minimum absolute atomic E-state index is 0.385. The molecule has 0 bridgehead atoms. The summed E-state index contributed by atoms with van der Waals surface area (Å²) in [6, 6.07) is 22.9. The number of urea groups is 1. The van der Waals surface area contributed by atoms with E-state index in [9.17, 15) is 13.2 Å². The van der Waals surface area contributed by atoms with E-state index in [-0.39, 0.29) is 6.03 Å². The van der Waals surface area contributed by atoms with Crippen LogP contribution in [0.25, 0.3) is 11.1 Å². The van der Waals surface area contributed by atoms with Crippen LogP contribution in [0, 0.1) is 0 Å². The summed E-state index contributed by atoms with van der Waals surface area (Å²) in [5.74, 6) is 0. The van der Waals surface area contributed by atoms with Crippen LogP contribution in [0.3, 0.4) is 0 Å². The predicted molar refractivity (Wildman–Crippen MR) is 105 cm³/mol. The Hall–Kier alpha value is -3.32. The van der Waals surface area contributed by atoms with Crippen LogP contribution in [0.1, 0.15) is 0 Å². The van der Waals surface area contributed by atoms with Crippen molar-refractivity contribution in [2.45, 2.75) is 0 Å². The summed E-state index contributed by atoms with van der Waals surface area (Å²) in [5.41, 5.74) is 3.06. The normalized spacial score (nSPS) is 10.3. The van der Waals surface area contributed by atoms with E-state index < -0.39 is 10.9 Å². The number of anilines is 3. The maximum atomic E-state index is 12.3. The zero-order valence-corrected chi connectivity index (χ0v) is 14.6. The molecule has 2 amide bonds. The number of carbonyl (C=O) groups excluding carboxylic acids is 1. The van der Waals surface area contributed by atoms with Crippen molar-refractivity contribution in [2.24, 2.45) is 0 Å². The highest BCUT2D eigenvalue weighted by Gasteiger charge is 2.11. The molecule has 6 nitrogen and oxygen atoms in total. The maximum Gasteiger partial charge on any atom is 0.323 e. The van der Waals surface area contributed by atoms with Gasteiger partial charge in [0.2, 0.25) is 10.9 Å². The number of hydrogen-bond donors (Lipinski definition) is 4. The van der Waals surface area contributed by atoms with E-state index >= 15 is 0 Å². The Balaban J connectivity index is 1.88. The fourth-order valence-corrected chi connectivity index (χ4v) is 2.94. The van der Waals surface area contributed by atoms with Crippen molar-refractivity contribution in [2.75, 3.05) is 15.4 Å². The molecule has 0 saturated heterocycles. The van der Waals surface area contributed by atoms with E-state index in [0.29, 0.717) is 28.2 Å². The van der Waals surface area contributed by atoms with Crippen molar-refractivity contribution in [3.63, 3.8) is 0 Å². The summed E-state index contributed by atoms with van der Waals surface area (Å²) in [4.78, 5) is 12.3. The molecule has 0 unspecified atom stereocenters. The second-order valence-electron chi connectivity index (χ2n) is 5.41. The second kappa shape index (κ2) is 8.17. The Bertz CT molecular complexity index is 980. The summed E-state index contributed by atoms with van der Waals surface area (Å²) in [7, 11) is -2.79. The molecule has 0 heterocycles. The molecule has 0 aliphatic rings. The molecule has 132 valence electrons. The number of rotatable bonds is 5. The second-order valence-corrected chi connectivity index (χ2v) is 6.14. The van der Waals surface area contributed by atoms with Gasteiger partial charge in [-0.25, -0.2) is 13.2 Å². The van der Waals surface area contributed by atoms with Crippen LogP contribution in [0.2, 0.25) is 0 Å². The Morgan fingerprint density at radius 3 is 1.85 bits per heavy atom. The first-order valence-electron chi connectivity index (χ1n) is 7.86. The standard InChI is InChI=1S/C19H17N3O3S/c23-19(20-14-8-2-1-3-9-14)21-17-12-6-4-10-15(17)16-11-5-7-13-18(16)22-26(24)25/h1-13,26H,(H2,20,21,23)(H,22,24,25). The summed E-state index contributed by atoms with van der Waals surface area (Å²) in [5, 5.41) is 5.56. The first-order valence-corrected chi connectivity index (χ1v) is 9.04. The minimum atomic E-state index is -2.79. The van der Waals surface area contributed by atoms with Gasteiger partial charge >= 0.3 is 6.03 Å². The van der Waals surface area contributed by atoms with Crippen LogP contribution >= 0.6 is 0 Å². The summed E-state index contributed by atoms with van der Waals surface area (Å²) >= 11 is 0. The van der Waals surface area contributed by atoms with E-state index in [1.54, 1.807) is 48.5 Å². The van der Waals surface area contributed by atoms with Gasteiger partial charge in [0.15, 0.2) is 0 Å². The molecule has 3 aromatic carbocycles. The first kappa shape index (κ1) is 17.5. The van der Waals surface area contributed by atoms with E-state index in [1.165, 1.54) is 0 Å². The summed E-state index contributed by atoms with van der Waals surface area (Å²) in [6.07, 6.45) is 0. The lowest BCUT2D eigenvalue weighted by atomic mass is 10.0. The van der Waals surface area contributed by atoms with Crippen LogP contribution in [0.15, 0.2) is 78.9 Å². The lowest BCUT2D eigenvalue weighted by molar-refractivity contribution is 0.262. The Morgan fingerprint density at radius 1 is 0.654 bits per heavy atom. The molecule has 3 N–H and O–H groups in total. The molecule has 3 rings (SSSR count). The zero-order chi connectivity index (χ0) is 18.4. The minimum Gasteiger partial charge on any atom is -0.308 e. The number of nitrogens with one attached hydrogen (secondary N) is 3. The van der Waals surface area contributed by atoms with Gasteiger partial charge in [-0.05, 0) is 24.3 Å². The van der Waals surface area contributed by atoms with Crippen LogP contribution in [0.5, 0.6) is 0 Å². The van der Waals surface area contributed by atoms with Gasteiger partial charge in [0.25, 0.3) is 0 Å². The van der Waals surface area contributed by atoms with Gasteiger partial charge < -0.3 is 10.6 Å². The number of carbonyl (C=O) groups is 1. The lowest BCUT2D eigenvalue weighted by Gasteiger charge is -2.14. The average molecular weight is 367 g/mol. The quantitative estimate of drug-likeness (QED) is 0.515. The van der Waals surface area contributed by atoms with Gasteiger partial charge in [0, 0.05) is 16.8 Å². The number of thiol groups is 1. The fraction of sp³-hybridized carbons (Fsp3) is 0. The van der Waals surface area contributed by atoms with Gasteiger partial charge in [0.1, 0.15) is 0 Å². The first-order chi connectivity index (χ1) is 12.6. The monoisotopic (exact) mass is 367 g/mol. The van der Waals surface area contributed by atoms with Gasteiger partial charge in [0.05, 0.1) is 11.4 Å². The molecule has 0 atom stereocenters. The molecular formula is C19H17N3O3S. The average Bonchev–Trinajstić information content (AvgIpc) is 2.63. The van der Waals surface area contributed by atoms with Crippen LogP contribution in [-0.2, 0) is 10.9 Å². The van der Waals surface area contributed by atoms with Crippen molar-refractivity contribution >= 4 is 34.0 Å². The number of para-hydroxylation sites is 3. The van der Waals surface area contributed by atoms with E-state index in [2.05, 4.69) is 15.4 Å². The number of benzene rings is 3. The molecule has 0 radical (unpaired) electrons. The number of hydrogen-bond acceptors (Lipinski definition) is 3. The third-order valence-corrected chi connectivity index (χ3v) is 4.06. The van der Waals surface area contributed by atoms with Crippen molar-refractivity contribution in [1.82, 2.24) is 0 Å². The van der Waals surface area contributed by atoms with Crippen molar-refractivity contribution in [1.29, 1.82) is 0 Å². The smallest absolute Gasteiger partial charge is 0.308 e. The molecule has 0 aromatic heterocycles. The predicted octanol–water partition coefficient (Wildman–Crippen LogP) is 3.94. The van der Waals surface area contributed by atoms with E-state index in [1.807, 2.05) is 30.3 Å². The highest BCUT2D eigenvalue weighted by Crippen LogP contribution is 2.33. The Morgan fingerprint density at radius 2 is 1.19 bits per heavy atom. The molecule has 26 heavy (non-hydrogen) atoms. The summed E-state index contributed by atoms with van der Waals surface area (Å²) < 4.78 is 24.5. The Labute approximate surface area is 153 Å². The largest absolute Gasteiger partial charge is 0.323 e. The molecule has 0 fully saturated rings. The molecule has 3 aromatic rings. The highest BCUT2D eigenvalue weighted by molar-refractivity contribution is 7.73. The molecule has 7 heteroatoms. The maximum absolute atomic E-state index is 12.3. The zero-order valence-electron chi connectivity index (χ0n) is 13.7. The fourth-order valence-electron chi connectivity index (χ4n) is 2.55. The van der Waals surface area contributed by atoms with Crippen molar-refractivity contribution < 1.29 is 13.2 Å². The van der Waals surface area contributed by atoms with Crippen LogP contribution in [-0.4, -0.2) is 14.4 Å². The van der Waals surface area contributed by atoms with Gasteiger partial charge in [-0.3, -0.25) is 4.72 Å². The van der Waals surface area contributed by atoms with Gasteiger partial charge in [-0.1, -0.05) is 54.6 Å². The van der Waals surface area contributed by atoms with Crippen molar-refractivity contribution in [3.05, 3.63) is 78.9 Å². The van der Waals surface area contributed by atoms with E-state index in [0.717, 1.165) is 0 Å². The lowest BCUT2D eigenvalue weighted by Crippen LogP contribution is -2.19. The van der Waals surface area contributed by atoms with Crippen molar-refractivity contribution in [3.8, 4) is 11.1 Å². The Kier molecular flexibility index (Phi) is 5.50. The van der Waals surface area contributed by atoms with Gasteiger partial charge in [-0.15, -0.1) is 0 Å². The van der Waals surface area contributed by atoms with Gasteiger partial charge in [-0.2, -0.15) is 0 Å². The molecule has 0 aliphatic heterocycles. The topological polar surface area (TPSA) is 87.3 Å². The molecule has 0 aliphatic carbocycles. The third-order valence-electron chi connectivity index (χ3n) is 3.64.